The van der Waals surface area contributed by atoms with E-state index in [9.17, 15) is 4.79 Å². The molecule has 0 saturated carbocycles. The highest BCUT2D eigenvalue weighted by molar-refractivity contribution is 5.72. The minimum absolute atomic E-state index is 0.167. The molecule has 0 bridgehead atoms. The van der Waals surface area contributed by atoms with Gasteiger partial charge >= 0.3 is 0 Å². The highest BCUT2D eigenvalue weighted by Gasteiger charge is 2.26. The lowest BCUT2D eigenvalue weighted by Gasteiger charge is -2.34. The minimum Gasteiger partial charge on any atom is -0.304 e. The monoisotopic (exact) mass is 344 g/mol. The third kappa shape index (κ3) is 29.4. The molecule has 0 aliphatic heterocycles. The molecule has 0 spiro atoms. The number of Topliss-reactive ketones (excluding diaryl/α,β-unsaturated/α-hetero) is 1. The molecule has 148 valence electrons. The predicted octanol–water partition coefficient (Wildman–Crippen LogP) is 7.35. The van der Waals surface area contributed by atoms with Crippen molar-refractivity contribution in [2.75, 3.05) is 0 Å². The Kier molecular flexibility index (Phi) is 22.3. The van der Waals surface area contributed by atoms with Crippen LogP contribution in [0.1, 0.15) is 109 Å². The first-order valence-electron chi connectivity index (χ1n) is 9.60. The molecular weight excluding hydrogens is 296 g/mol. The van der Waals surface area contributed by atoms with Crippen LogP contribution < -0.4 is 0 Å². The zero-order valence-corrected chi connectivity index (χ0v) is 19.2. The first kappa shape index (κ1) is 31.1. The van der Waals surface area contributed by atoms with Crippen LogP contribution in [0.5, 0.6) is 0 Å². The number of carbonyl (C=O) groups is 2. The second-order valence-corrected chi connectivity index (χ2v) is 8.49. The van der Waals surface area contributed by atoms with E-state index in [1.807, 2.05) is 13.8 Å². The van der Waals surface area contributed by atoms with Gasteiger partial charge in [0, 0.05) is 0 Å². The van der Waals surface area contributed by atoms with E-state index in [2.05, 4.69) is 55.4 Å². The maximum absolute atomic E-state index is 9.44. The van der Waals surface area contributed by atoms with Gasteiger partial charge in [-0.2, -0.15) is 0 Å². The Bertz CT molecular complexity index is 281. The Morgan fingerprint density at radius 2 is 1.29 bits per heavy atom. The fraction of sp³-hybridized carbons (Fsp3) is 0.909. The summed E-state index contributed by atoms with van der Waals surface area (Å²) >= 11 is 0. The molecule has 0 N–H and O–H groups in total. The summed E-state index contributed by atoms with van der Waals surface area (Å²) in [7, 11) is 0. The molecule has 24 heavy (non-hydrogen) atoms. The third-order valence-corrected chi connectivity index (χ3v) is 3.96. The molecule has 0 aliphatic rings. The summed E-state index contributed by atoms with van der Waals surface area (Å²) < 4.78 is 0. The third-order valence-electron chi connectivity index (χ3n) is 3.96. The van der Waals surface area contributed by atoms with Crippen LogP contribution in [0.3, 0.4) is 0 Å². The second-order valence-electron chi connectivity index (χ2n) is 8.49. The summed E-state index contributed by atoms with van der Waals surface area (Å²) in [4.78, 5) is 18.2. The van der Waals surface area contributed by atoms with Crippen molar-refractivity contribution in [2.45, 2.75) is 109 Å². The van der Waals surface area contributed by atoms with E-state index in [-0.39, 0.29) is 5.78 Å². The topological polar surface area (TPSA) is 34.1 Å². The average Bonchev–Trinajstić information content (AvgIpc) is 2.38. The van der Waals surface area contributed by atoms with Crippen molar-refractivity contribution in [3.8, 4) is 0 Å². The Balaban J connectivity index is -0.000000185. The number of aldehydes is 1. The van der Waals surface area contributed by atoms with E-state index >= 15 is 0 Å². The molecule has 0 heterocycles. The van der Waals surface area contributed by atoms with E-state index in [0.717, 1.165) is 18.1 Å². The molecule has 2 unspecified atom stereocenters. The maximum Gasteiger partial charge on any atom is 0.126 e. The van der Waals surface area contributed by atoms with Crippen LogP contribution in [0.2, 0.25) is 0 Å². The van der Waals surface area contributed by atoms with Gasteiger partial charge in [-0.1, -0.05) is 75.7 Å². The summed E-state index contributed by atoms with van der Waals surface area (Å²) in [6.07, 6.45) is 4.76. The van der Waals surface area contributed by atoms with Gasteiger partial charge in [-0.25, -0.2) is 0 Å². The Morgan fingerprint density at radius 1 is 1.00 bits per heavy atom. The highest BCUT2D eigenvalue weighted by Crippen LogP contribution is 2.37. The van der Waals surface area contributed by atoms with Gasteiger partial charge in [0.05, 0.1) is 0 Å². The molecule has 2 nitrogen and oxygen atoms in total. The molecule has 2 heteroatoms. The van der Waals surface area contributed by atoms with Gasteiger partial charge in [-0.3, -0.25) is 0 Å². The van der Waals surface area contributed by atoms with Gasteiger partial charge in [-0.15, -0.1) is 0 Å². The standard InChI is InChI=1S/C15H32.C3H6O.C2H4O.C2H6/c1-9-15(7,8)13(3)10-12(2)11-14(4,5)6;1-3(2)4;1-2-3;1-2/h12-13H,9-11H2,1-8H3;1-2H3;2H,1H3;1-2H3. The number of hydrogen-bond donors (Lipinski definition) is 0. The molecule has 0 amide bonds. The minimum atomic E-state index is 0.167. The van der Waals surface area contributed by atoms with Crippen molar-refractivity contribution in [3.63, 3.8) is 0 Å². The summed E-state index contributed by atoms with van der Waals surface area (Å²) in [5.74, 6) is 1.85. The second kappa shape index (κ2) is 17.2. The van der Waals surface area contributed by atoms with E-state index in [4.69, 9.17) is 4.79 Å². The van der Waals surface area contributed by atoms with Crippen LogP contribution in [-0.4, -0.2) is 12.1 Å². The summed E-state index contributed by atoms with van der Waals surface area (Å²) in [6.45, 7) is 27.5. The van der Waals surface area contributed by atoms with Crippen LogP contribution >= 0.6 is 0 Å². The quantitative estimate of drug-likeness (QED) is 0.488. The van der Waals surface area contributed by atoms with Crippen molar-refractivity contribution in [1.82, 2.24) is 0 Å². The fourth-order valence-corrected chi connectivity index (χ4v) is 2.40. The molecule has 0 aliphatic carbocycles. The lowest BCUT2D eigenvalue weighted by molar-refractivity contribution is -0.115. The maximum atomic E-state index is 9.44. The highest BCUT2D eigenvalue weighted by atomic mass is 16.1. The van der Waals surface area contributed by atoms with Crippen molar-refractivity contribution in [3.05, 3.63) is 0 Å². The SMILES string of the molecule is CC.CC(C)=O.CC=O.CCC(C)(C)C(C)CC(C)CC(C)(C)C. The van der Waals surface area contributed by atoms with Crippen LogP contribution in [0.25, 0.3) is 0 Å². The van der Waals surface area contributed by atoms with Crippen LogP contribution in [0, 0.1) is 22.7 Å². The van der Waals surface area contributed by atoms with Crippen LogP contribution in [0.4, 0.5) is 0 Å². The largest absolute Gasteiger partial charge is 0.304 e. The van der Waals surface area contributed by atoms with Crippen molar-refractivity contribution in [2.24, 2.45) is 22.7 Å². The first-order valence-corrected chi connectivity index (χ1v) is 9.60. The van der Waals surface area contributed by atoms with Gasteiger partial charge in [0.1, 0.15) is 12.1 Å². The van der Waals surface area contributed by atoms with Gasteiger partial charge in [0.2, 0.25) is 0 Å². The Labute approximate surface area is 154 Å². The Hall–Kier alpha value is -0.660. The van der Waals surface area contributed by atoms with Crippen LogP contribution in [0.15, 0.2) is 0 Å². The smallest absolute Gasteiger partial charge is 0.126 e. The summed E-state index contributed by atoms with van der Waals surface area (Å²) in [5.41, 5.74) is 0.988. The lowest BCUT2D eigenvalue weighted by atomic mass is 9.72. The average molecular weight is 345 g/mol. The number of carbonyl (C=O) groups excluding carboxylic acids is 2. The van der Waals surface area contributed by atoms with E-state index in [1.54, 1.807) is 0 Å². The molecule has 0 aromatic rings. The molecule has 0 aromatic heterocycles. The molecular formula is C22H48O2. The van der Waals surface area contributed by atoms with Gasteiger partial charge in [0.15, 0.2) is 0 Å². The molecule has 0 saturated heterocycles. The predicted molar refractivity (Wildman–Crippen MR) is 111 cm³/mol. The lowest BCUT2D eigenvalue weighted by Crippen LogP contribution is -2.24. The molecule has 0 radical (unpaired) electrons. The molecule has 0 aromatic carbocycles. The van der Waals surface area contributed by atoms with Crippen molar-refractivity contribution >= 4 is 12.1 Å². The number of ketones is 1. The van der Waals surface area contributed by atoms with Crippen molar-refractivity contribution < 1.29 is 9.59 Å². The van der Waals surface area contributed by atoms with E-state index in [1.165, 1.54) is 40.0 Å². The van der Waals surface area contributed by atoms with Gasteiger partial charge < -0.3 is 9.59 Å². The van der Waals surface area contributed by atoms with E-state index in [0.29, 0.717) is 10.8 Å². The molecule has 0 rings (SSSR count). The number of hydrogen-bond acceptors (Lipinski definition) is 2. The zero-order valence-electron chi connectivity index (χ0n) is 19.2. The summed E-state index contributed by atoms with van der Waals surface area (Å²) in [6, 6.07) is 0. The van der Waals surface area contributed by atoms with Gasteiger partial charge in [-0.05, 0) is 56.3 Å². The van der Waals surface area contributed by atoms with E-state index < -0.39 is 0 Å². The molecule has 0 fully saturated rings. The van der Waals surface area contributed by atoms with Crippen molar-refractivity contribution in [1.29, 1.82) is 0 Å². The first-order chi connectivity index (χ1) is 10.7. The number of rotatable bonds is 5. The molecule has 2 atom stereocenters. The van der Waals surface area contributed by atoms with Gasteiger partial charge in [0.25, 0.3) is 0 Å². The normalized spacial score (nSPS) is 12.9. The van der Waals surface area contributed by atoms with Crippen LogP contribution in [-0.2, 0) is 9.59 Å². The summed E-state index contributed by atoms with van der Waals surface area (Å²) in [5, 5.41) is 0. The Morgan fingerprint density at radius 3 is 1.50 bits per heavy atom. The zero-order chi connectivity index (χ0) is 20.6. The fourth-order valence-electron chi connectivity index (χ4n) is 2.40.